The van der Waals surface area contributed by atoms with E-state index in [4.69, 9.17) is 9.84 Å². The number of aliphatic hydroxyl groups is 4. The van der Waals surface area contributed by atoms with Crippen molar-refractivity contribution in [1.82, 2.24) is 5.32 Å². The summed E-state index contributed by atoms with van der Waals surface area (Å²) in [5.41, 5.74) is -2.79. The van der Waals surface area contributed by atoms with Gasteiger partial charge in [-0.15, -0.1) is 0 Å². The first kappa shape index (κ1) is 15.5. The van der Waals surface area contributed by atoms with Crippen molar-refractivity contribution in [3.63, 3.8) is 0 Å². The number of amides is 1. The van der Waals surface area contributed by atoms with Crippen molar-refractivity contribution >= 4 is 16.3 Å². The van der Waals surface area contributed by atoms with Crippen LogP contribution in [0.25, 0.3) is 0 Å². The fourth-order valence-corrected chi connectivity index (χ4v) is 3.11. The van der Waals surface area contributed by atoms with Gasteiger partial charge < -0.3 is 30.5 Å². The van der Waals surface area contributed by atoms with E-state index in [1.807, 2.05) is 5.32 Å². The molecule has 11 nitrogen and oxygen atoms in total. The first-order valence-electron chi connectivity index (χ1n) is 5.39. The molecule has 0 radical (unpaired) electrons. The molecular formula is C8H13NO10S. The molecule has 0 aromatic carbocycles. The highest BCUT2D eigenvalue weighted by Crippen LogP contribution is 2.45. The fraction of sp³-hybridized carbons (Fsp3) is 0.875. The predicted octanol–water partition coefficient (Wildman–Crippen LogP) is -4.13. The van der Waals surface area contributed by atoms with Crippen LogP contribution < -0.4 is 5.32 Å². The quantitative estimate of drug-likeness (QED) is 0.337. The van der Waals surface area contributed by atoms with E-state index < -0.39 is 52.9 Å². The lowest BCUT2D eigenvalue weighted by atomic mass is 9.91. The van der Waals surface area contributed by atoms with Crippen LogP contribution in [0, 0.1) is 0 Å². The Kier molecular flexibility index (Phi) is 3.55. The van der Waals surface area contributed by atoms with Crippen molar-refractivity contribution in [2.24, 2.45) is 0 Å². The molecule has 2 saturated heterocycles. The molecule has 0 aromatic rings. The normalized spacial score (nSPS) is 46.8. The molecule has 20 heavy (non-hydrogen) atoms. The van der Waals surface area contributed by atoms with Crippen LogP contribution in [-0.4, -0.2) is 71.4 Å². The van der Waals surface area contributed by atoms with Gasteiger partial charge in [-0.1, -0.05) is 0 Å². The van der Waals surface area contributed by atoms with Gasteiger partial charge in [-0.2, -0.15) is 12.6 Å². The molecule has 0 aliphatic carbocycles. The number of rotatable bonds is 2. The summed E-state index contributed by atoms with van der Waals surface area (Å²) in [5.74, 6) is -4.04. The van der Waals surface area contributed by atoms with E-state index in [9.17, 15) is 28.5 Å². The van der Waals surface area contributed by atoms with Gasteiger partial charge in [-0.25, -0.2) is 4.18 Å². The molecule has 0 saturated carbocycles. The second-order valence-corrected chi connectivity index (χ2v) is 5.50. The average Bonchev–Trinajstić information content (AvgIpc) is 2.50. The lowest BCUT2D eigenvalue weighted by Crippen LogP contribution is -2.77. The van der Waals surface area contributed by atoms with Crippen molar-refractivity contribution in [1.29, 1.82) is 0 Å². The van der Waals surface area contributed by atoms with E-state index in [-0.39, 0.29) is 0 Å². The maximum atomic E-state index is 11.3. The van der Waals surface area contributed by atoms with Crippen molar-refractivity contribution < 1.29 is 46.7 Å². The maximum Gasteiger partial charge on any atom is 0.407 e. The van der Waals surface area contributed by atoms with Crippen LogP contribution in [0.5, 0.6) is 0 Å². The summed E-state index contributed by atoms with van der Waals surface area (Å²) in [4.78, 5) is 11.2. The van der Waals surface area contributed by atoms with Crippen molar-refractivity contribution in [2.45, 2.75) is 36.9 Å². The number of hydrogen-bond donors (Lipinski definition) is 5. The summed E-state index contributed by atoms with van der Waals surface area (Å²) in [7, 11) is -4.82. The van der Waals surface area contributed by atoms with Crippen molar-refractivity contribution in [2.75, 3.05) is 6.61 Å². The smallest absolute Gasteiger partial charge is 0.394 e. The monoisotopic (exact) mass is 315 g/mol. The minimum Gasteiger partial charge on any atom is -0.394 e. The van der Waals surface area contributed by atoms with Gasteiger partial charge in [0.15, 0.2) is 0 Å². The summed E-state index contributed by atoms with van der Waals surface area (Å²) >= 11 is 0. The number of ether oxygens (including phenoxy) is 1. The number of carbonyl (C=O) groups excluding carboxylic acids is 1. The van der Waals surface area contributed by atoms with E-state index in [2.05, 4.69) is 8.37 Å². The molecule has 2 rings (SSSR count). The summed E-state index contributed by atoms with van der Waals surface area (Å²) in [6, 6.07) is 0. The third kappa shape index (κ3) is 2.10. The molecule has 2 fully saturated rings. The molecule has 5 N–H and O–H groups in total. The molecule has 12 heteroatoms. The van der Waals surface area contributed by atoms with Gasteiger partial charge in [0.1, 0.15) is 18.3 Å². The average molecular weight is 315 g/mol. The summed E-state index contributed by atoms with van der Waals surface area (Å²) in [6.07, 6.45) is -5.57. The van der Waals surface area contributed by atoms with Gasteiger partial charge in [0.05, 0.1) is 6.61 Å². The molecule has 2 aliphatic heterocycles. The van der Waals surface area contributed by atoms with Crippen LogP contribution in [0.1, 0.15) is 6.92 Å². The van der Waals surface area contributed by atoms with E-state index >= 15 is 0 Å². The van der Waals surface area contributed by atoms with Crippen LogP contribution in [0.2, 0.25) is 0 Å². The minimum atomic E-state index is -4.82. The predicted molar refractivity (Wildman–Crippen MR) is 56.6 cm³/mol. The number of nitrogens with one attached hydrogen (secondary N) is 1. The Morgan fingerprint density at radius 1 is 1.35 bits per heavy atom. The Balaban J connectivity index is 2.53. The lowest BCUT2D eigenvalue weighted by molar-refractivity contribution is -0.433. The maximum absolute atomic E-state index is 11.3. The van der Waals surface area contributed by atoms with Gasteiger partial charge >= 0.3 is 16.4 Å². The van der Waals surface area contributed by atoms with E-state index in [0.29, 0.717) is 0 Å². The van der Waals surface area contributed by atoms with Gasteiger partial charge in [0, 0.05) is 6.92 Å². The van der Waals surface area contributed by atoms with E-state index in [1.165, 1.54) is 0 Å². The Hall–Kier alpha value is -0.860. The molecule has 2 aliphatic rings. The first-order valence-corrected chi connectivity index (χ1v) is 6.72. The number of aliphatic hydroxyl groups excluding tert-OH is 3. The second kappa shape index (κ2) is 4.57. The summed E-state index contributed by atoms with van der Waals surface area (Å²) in [6.45, 7) is 0.0841. The van der Waals surface area contributed by atoms with E-state index in [0.717, 1.165) is 6.92 Å². The zero-order chi connectivity index (χ0) is 15.3. The molecule has 1 amide bonds. The Morgan fingerprint density at radius 3 is 2.45 bits per heavy atom. The van der Waals surface area contributed by atoms with Gasteiger partial charge in [0.25, 0.3) is 5.72 Å². The third-order valence-corrected chi connectivity index (χ3v) is 3.79. The van der Waals surface area contributed by atoms with Gasteiger partial charge in [-0.05, 0) is 0 Å². The van der Waals surface area contributed by atoms with Crippen molar-refractivity contribution in [3.05, 3.63) is 0 Å². The lowest BCUT2D eigenvalue weighted by Gasteiger charge is -2.47. The standard InChI is InChI=1S/C8H13NO10S/c1-3(11)9-7-6(13)5(12)4(2-10)17-8(7,14)19-20(15,16)18-7/h4-6,10,12-14H,2H2,1H3,(H,9,11)/t4-,5+,6-,7-,8?/m1/s1. The second-order valence-electron chi connectivity index (χ2n) is 4.35. The fourth-order valence-electron chi connectivity index (χ4n) is 2.07. The molecule has 0 spiro atoms. The van der Waals surface area contributed by atoms with Crippen LogP contribution in [0.4, 0.5) is 0 Å². The molecule has 0 aromatic heterocycles. The number of hydrogen-bond acceptors (Lipinski definition) is 10. The van der Waals surface area contributed by atoms with Crippen LogP contribution >= 0.6 is 0 Å². The largest absolute Gasteiger partial charge is 0.407 e. The molecular weight excluding hydrogens is 302 g/mol. The van der Waals surface area contributed by atoms with E-state index in [1.54, 1.807) is 0 Å². The minimum absolute atomic E-state index is 0.861. The highest BCUT2D eigenvalue weighted by Gasteiger charge is 2.75. The number of carbonyl (C=O) groups is 1. The molecule has 116 valence electrons. The zero-order valence-electron chi connectivity index (χ0n) is 10.1. The van der Waals surface area contributed by atoms with Crippen molar-refractivity contribution in [3.8, 4) is 0 Å². The first-order chi connectivity index (χ1) is 9.07. The Labute approximate surface area is 113 Å². The Bertz CT molecular complexity index is 521. The molecule has 1 unspecified atom stereocenters. The molecule has 2 heterocycles. The Morgan fingerprint density at radius 2 is 1.95 bits per heavy atom. The number of fused-ring (bicyclic) bond motifs is 1. The zero-order valence-corrected chi connectivity index (χ0v) is 10.9. The molecule has 0 bridgehead atoms. The molecule has 5 atom stereocenters. The van der Waals surface area contributed by atoms with Gasteiger partial charge in [-0.3, -0.25) is 4.79 Å². The highest BCUT2D eigenvalue weighted by atomic mass is 32.3. The third-order valence-electron chi connectivity index (χ3n) is 2.89. The van der Waals surface area contributed by atoms with Gasteiger partial charge in [0.2, 0.25) is 5.91 Å². The summed E-state index contributed by atoms with van der Waals surface area (Å²) in [5, 5.41) is 40.6. The van der Waals surface area contributed by atoms with Crippen LogP contribution in [0.3, 0.4) is 0 Å². The summed E-state index contributed by atoms with van der Waals surface area (Å²) < 4.78 is 36.0. The SMILES string of the molecule is CC(=O)N[C@]12OS(=O)(=O)OC1(O)O[C@H](CO)[C@H](O)[C@H]2O. The topological polar surface area (TPSA) is 172 Å². The van der Waals surface area contributed by atoms with Crippen LogP contribution in [-0.2, 0) is 28.3 Å². The highest BCUT2D eigenvalue weighted by molar-refractivity contribution is 7.82. The van der Waals surface area contributed by atoms with Crippen LogP contribution in [0.15, 0.2) is 0 Å².